The summed E-state index contributed by atoms with van der Waals surface area (Å²) in [7, 11) is 0. The van der Waals surface area contributed by atoms with E-state index in [-0.39, 0.29) is 13.2 Å². The molecule has 6 heteroatoms. The van der Waals surface area contributed by atoms with Crippen LogP contribution in [0.25, 0.3) is 0 Å². The van der Waals surface area contributed by atoms with Gasteiger partial charge in [-0.2, -0.15) is 5.01 Å². The molecule has 3 amide bonds. The van der Waals surface area contributed by atoms with Crippen molar-refractivity contribution in [2.75, 3.05) is 13.2 Å². The molecule has 0 aliphatic heterocycles. The molecule has 0 aliphatic rings. The molecular weight excluding hydrogens is 188 g/mol. The van der Waals surface area contributed by atoms with Crippen molar-refractivity contribution in [3.05, 3.63) is 0 Å². The molecule has 0 bridgehead atoms. The predicted molar refractivity (Wildman–Crippen MR) is 47.7 cm³/mol. The quantitative estimate of drug-likeness (QED) is 0.591. The van der Waals surface area contributed by atoms with Crippen LogP contribution in [0, 0.1) is 0 Å². The van der Waals surface area contributed by atoms with Gasteiger partial charge < -0.3 is 5.11 Å². The Morgan fingerprint density at radius 3 is 1.64 bits per heavy atom. The van der Waals surface area contributed by atoms with Crippen LogP contribution in [0.3, 0.4) is 0 Å². The molecule has 0 fully saturated rings. The van der Waals surface area contributed by atoms with Gasteiger partial charge in [0.25, 0.3) is 0 Å². The van der Waals surface area contributed by atoms with Gasteiger partial charge in [-0.25, -0.2) is 5.01 Å². The summed E-state index contributed by atoms with van der Waals surface area (Å²) >= 11 is 0. The molecule has 0 saturated heterocycles. The normalized spacial score (nSPS) is 9.43. The summed E-state index contributed by atoms with van der Waals surface area (Å²) in [6.07, 6.45) is 0. The van der Waals surface area contributed by atoms with Gasteiger partial charge in [-0.3, -0.25) is 14.4 Å². The van der Waals surface area contributed by atoms with Crippen LogP contribution in [0.15, 0.2) is 0 Å². The second-order valence-electron chi connectivity index (χ2n) is 2.72. The minimum atomic E-state index is -0.554. The van der Waals surface area contributed by atoms with Crippen molar-refractivity contribution in [3.63, 3.8) is 0 Å². The molecule has 0 saturated carbocycles. The van der Waals surface area contributed by atoms with Crippen molar-refractivity contribution < 1.29 is 19.5 Å². The highest BCUT2D eigenvalue weighted by Crippen LogP contribution is 2.00. The zero-order chi connectivity index (χ0) is 11.3. The first-order valence-corrected chi connectivity index (χ1v) is 4.12. The molecule has 0 aromatic rings. The number of carbonyl (C=O) groups is 3. The molecule has 0 radical (unpaired) electrons. The molecule has 0 aromatic heterocycles. The van der Waals surface area contributed by atoms with Crippen molar-refractivity contribution in [3.8, 4) is 0 Å². The summed E-state index contributed by atoms with van der Waals surface area (Å²) in [5.41, 5.74) is 0. The topological polar surface area (TPSA) is 77.9 Å². The lowest BCUT2D eigenvalue weighted by Crippen LogP contribution is -2.51. The third kappa shape index (κ3) is 3.14. The number of imide groups is 1. The third-order valence-electron chi connectivity index (χ3n) is 1.51. The highest BCUT2D eigenvalue weighted by molar-refractivity contribution is 5.94. The van der Waals surface area contributed by atoms with Gasteiger partial charge in [0, 0.05) is 20.8 Å². The Hall–Kier alpha value is -1.43. The van der Waals surface area contributed by atoms with E-state index < -0.39 is 17.7 Å². The standard InChI is InChI=1S/C8H14N2O4/c1-6(12)9(4-5-11)10(7(2)13)8(3)14/h11H,4-5H2,1-3H3. The molecule has 0 aromatic carbocycles. The zero-order valence-electron chi connectivity index (χ0n) is 8.48. The summed E-state index contributed by atoms with van der Waals surface area (Å²) < 4.78 is 0. The van der Waals surface area contributed by atoms with Crippen molar-refractivity contribution in [2.24, 2.45) is 0 Å². The van der Waals surface area contributed by atoms with E-state index in [1.807, 2.05) is 0 Å². The predicted octanol–water partition coefficient (Wildman–Crippen LogP) is -0.863. The van der Waals surface area contributed by atoms with E-state index >= 15 is 0 Å². The van der Waals surface area contributed by atoms with Crippen molar-refractivity contribution in [2.45, 2.75) is 20.8 Å². The number of aliphatic hydroxyl groups excluding tert-OH is 1. The highest BCUT2D eigenvalue weighted by Gasteiger charge is 2.24. The van der Waals surface area contributed by atoms with Crippen LogP contribution in [0.5, 0.6) is 0 Å². The number of aliphatic hydroxyl groups is 1. The Balaban J connectivity index is 4.82. The van der Waals surface area contributed by atoms with Gasteiger partial charge in [0.15, 0.2) is 0 Å². The van der Waals surface area contributed by atoms with Crippen LogP contribution in [-0.4, -0.2) is 46.0 Å². The van der Waals surface area contributed by atoms with Crippen molar-refractivity contribution in [1.29, 1.82) is 0 Å². The number of amides is 3. The minimum absolute atomic E-state index is 0.0749. The van der Waals surface area contributed by atoms with Crippen LogP contribution >= 0.6 is 0 Å². The molecule has 0 rings (SSSR count). The van der Waals surface area contributed by atoms with E-state index in [0.717, 1.165) is 5.01 Å². The fourth-order valence-corrected chi connectivity index (χ4v) is 1.05. The van der Waals surface area contributed by atoms with E-state index in [9.17, 15) is 14.4 Å². The second-order valence-corrected chi connectivity index (χ2v) is 2.72. The largest absolute Gasteiger partial charge is 0.394 e. The van der Waals surface area contributed by atoms with Crippen LogP contribution in [0.1, 0.15) is 20.8 Å². The molecule has 0 spiro atoms. The van der Waals surface area contributed by atoms with Crippen LogP contribution in [0.2, 0.25) is 0 Å². The van der Waals surface area contributed by atoms with E-state index in [2.05, 4.69) is 0 Å². The maximum atomic E-state index is 11.1. The van der Waals surface area contributed by atoms with Crippen LogP contribution in [-0.2, 0) is 14.4 Å². The second kappa shape index (κ2) is 5.33. The van der Waals surface area contributed by atoms with Gasteiger partial charge >= 0.3 is 0 Å². The van der Waals surface area contributed by atoms with Crippen molar-refractivity contribution in [1.82, 2.24) is 10.0 Å². The zero-order valence-corrected chi connectivity index (χ0v) is 8.48. The number of hydrogen-bond donors (Lipinski definition) is 1. The monoisotopic (exact) mass is 202 g/mol. The summed E-state index contributed by atoms with van der Waals surface area (Å²) in [6.45, 7) is 3.18. The highest BCUT2D eigenvalue weighted by atomic mass is 16.3. The minimum Gasteiger partial charge on any atom is -0.394 e. The van der Waals surface area contributed by atoms with Gasteiger partial charge in [0.2, 0.25) is 17.7 Å². The lowest BCUT2D eigenvalue weighted by atomic mass is 10.5. The Morgan fingerprint density at radius 2 is 1.43 bits per heavy atom. The molecule has 0 atom stereocenters. The maximum absolute atomic E-state index is 11.1. The molecule has 0 heterocycles. The van der Waals surface area contributed by atoms with Gasteiger partial charge in [0.1, 0.15) is 0 Å². The van der Waals surface area contributed by atoms with Gasteiger partial charge in [0.05, 0.1) is 13.2 Å². The molecular formula is C8H14N2O4. The number of rotatable bonds is 2. The van der Waals surface area contributed by atoms with E-state index in [1.54, 1.807) is 0 Å². The summed E-state index contributed by atoms with van der Waals surface area (Å²) in [5.74, 6) is -1.58. The first-order valence-electron chi connectivity index (χ1n) is 4.12. The fraction of sp³-hybridized carbons (Fsp3) is 0.625. The lowest BCUT2D eigenvalue weighted by Gasteiger charge is -2.29. The Morgan fingerprint density at radius 1 is 1.00 bits per heavy atom. The first kappa shape index (κ1) is 12.6. The van der Waals surface area contributed by atoms with E-state index in [0.29, 0.717) is 5.01 Å². The Labute approximate surface area is 82.1 Å². The van der Waals surface area contributed by atoms with Crippen LogP contribution in [0.4, 0.5) is 0 Å². The maximum Gasteiger partial charge on any atom is 0.245 e. The fourth-order valence-electron chi connectivity index (χ4n) is 1.05. The SMILES string of the molecule is CC(=O)N(CCO)N(C(C)=O)C(C)=O. The molecule has 0 unspecified atom stereocenters. The number of hydrogen-bond acceptors (Lipinski definition) is 4. The first-order chi connectivity index (χ1) is 6.41. The van der Waals surface area contributed by atoms with Crippen molar-refractivity contribution >= 4 is 17.7 Å². The number of hydrazine groups is 1. The molecule has 80 valence electrons. The molecule has 0 aliphatic carbocycles. The summed E-state index contributed by atoms with van der Waals surface area (Å²) in [5, 5.41) is 10.3. The van der Waals surface area contributed by atoms with E-state index in [1.165, 1.54) is 20.8 Å². The average molecular weight is 202 g/mol. The number of carbonyl (C=O) groups excluding carboxylic acids is 3. The molecule has 14 heavy (non-hydrogen) atoms. The summed E-state index contributed by atoms with van der Waals surface area (Å²) in [4.78, 5) is 33.1. The van der Waals surface area contributed by atoms with Crippen LogP contribution < -0.4 is 0 Å². The summed E-state index contributed by atoms with van der Waals surface area (Å²) in [6, 6.07) is 0. The van der Waals surface area contributed by atoms with E-state index in [4.69, 9.17) is 5.11 Å². The van der Waals surface area contributed by atoms with Gasteiger partial charge in [-0.15, -0.1) is 0 Å². The Bertz CT molecular complexity index is 238. The smallest absolute Gasteiger partial charge is 0.245 e. The van der Waals surface area contributed by atoms with Gasteiger partial charge in [-0.1, -0.05) is 0 Å². The molecule has 1 N–H and O–H groups in total. The molecule has 6 nitrogen and oxygen atoms in total. The third-order valence-corrected chi connectivity index (χ3v) is 1.51. The van der Waals surface area contributed by atoms with Gasteiger partial charge in [-0.05, 0) is 0 Å². The number of nitrogens with zero attached hydrogens (tertiary/aromatic N) is 2. The lowest BCUT2D eigenvalue weighted by molar-refractivity contribution is -0.171. The Kier molecular flexibility index (Phi) is 4.79. The average Bonchev–Trinajstić information content (AvgIpc) is 2.01.